The molecule has 4 rings (SSSR count). The molecule has 1 aliphatic rings. The standard InChI is InChI=1S/C21H23ClN6/c1-2-19-24-10-14(11-25-19)13-28-9-3-4-18(28)20-17(12-26-21(23)27-20)15-5-7-16(22)8-6-15/h5-8,10-12,18H,2-4,9,13H2,1H3,(H2,23,26,27)/t18-/m1/s1. The molecule has 6 nitrogen and oxygen atoms in total. The van der Waals surface area contributed by atoms with E-state index in [1.54, 1.807) is 0 Å². The highest BCUT2D eigenvalue weighted by Gasteiger charge is 2.30. The minimum Gasteiger partial charge on any atom is -0.368 e. The van der Waals surface area contributed by atoms with Gasteiger partial charge < -0.3 is 5.73 Å². The first-order valence-electron chi connectivity index (χ1n) is 9.56. The molecule has 0 spiro atoms. The zero-order valence-electron chi connectivity index (χ0n) is 15.8. The second-order valence-electron chi connectivity index (χ2n) is 7.02. The van der Waals surface area contributed by atoms with Crippen LogP contribution in [0.5, 0.6) is 0 Å². The Labute approximate surface area is 169 Å². The van der Waals surface area contributed by atoms with E-state index < -0.39 is 0 Å². The van der Waals surface area contributed by atoms with Gasteiger partial charge in [0.15, 0.2) is 0 Å². The van der Waals surface area contributed by atoms with Crippen molar-refractivity contribution in [2.24, 2.45) is 0 Å². The van der Waals surface area contributed by atoms with Crippen molar-refractivity contribution >= 4 is 17.5 Å². The molecule has 7 heteroatoms. The lowest BCUT2D eigenvalue weighted by Gasteiger charge is -2.25. The monoisotopic (exact) mass is 394 g/mol. The lowest BCUT2D eigenvalue weighted by molar-refractivity contribution is 0.244. The first-order chi connectivity index (χ1) is 13.6. The van der Waals surface area contributed by atoms with Gasteiger partial charge in [-0.2, -0.15) is 0 Å². The second kappa shape index (κ2) is 8.20. The number of benzene rings is 1. The van der Waals surface area contributed by atoms with E-state index in [9.17, 15) is 0 Å². The molecule has 3 aromatic rings. The number of halogens is 1. The average Bonchev–Trinajstić information content (AvgIpc) is 3.17. The molecular formula is C21H23ClN6. The van der Waals surface area contributed by atoms with Crippen LogP contribution in [0.1, 0.15) is 42.9 Å². The molecule has 0 bridgehead atoms. The highest BCUT2D eigenvalue weighted by atomic mass is 35.5. The fraction of sp³-hybridized carbons (Fsp3) is 0.333. The highest BCUT2D eigenvalue weighted by Crippen LogP contribution is 2.37. The Kier molecular flexibility index (Phi) is 5.50. The van der Waals surface area contributed by atoms with Crippen molar-refractivity contribution in [3.8, 4) is 11.1 Å². The lowest BCUT2D eigenvalue weighted by atomic mass is 10.00. The zero-order chi connectivity index (χ0) is 19.5. The molecule has 2 aromatic heterocycles. The molecule has 144 valence electrons. The third-order valence-corrected chi connectivity index (χ3v) is 5.38. The van der Waals surface area contributed by atoms with Gasteiger partial charge in [0.25, 0.3) is 0 Å². The summed E-state index contributed by atoms with van der Waals surface area (Å²) in [6, 6.07) is 7.95. The molecule has 1 saturated heterocycles. The molecule has 28 heavy (non-hydrogen) atoms. The summed E-state index contributed by atoms with van der Waals surface area (Å²) in [5.41, 5.74) is 10.1. The van der Waals surface area contributed by atoms with Crippen LogP contribution in [0.4, 0.5) is 5.95 Å². The zero-order valence-corrected chi connectivity index (χ0v) is 16.6. The smallest absolute Gasteiger partial charge is 0.220 e. The number of likely N-dealkylation sites (tertiary alicyclic amines) is 1. The van der Waals surface area contributed by atoms with Gasteiger partial charge in [-0.3, -0.25) is 4.90 Å². The van der Waals surface area contributed by atoms with Crippen molar-refractivity contribution in [2.45, 2.75) is 38.8 Å². The third-order valence-electron chi connectivity index (χ3n) is 5.13. The van der Waals surface area contributed by atoms with E-state index in [-0.39, 0.29) is 6.04 Å². The average molecular weight is 395 g/mol. The first kappa shape index (κ1) is 18.8. The maximum atomic E-state index is 6.05. The number of aromatic nitrogens is 4. The van der Waals surface area contributed by atoms with Crippen LogP contribution in [0.15, 0.2) is 42.9 Å². The van der Waals surface area contributed by atoms with Crippen molar-refractivity contribution in [3.63, 3.8) is 0 Å². The van der Waals surface area contributed by atoms with Crippen LogP contribution in [-0.2, 0) is 13.0 Å². The quantitative estimate of drug-likeness (QED) is 0.702. The summed E-state index contributed by atoms with van der Waals surface area (Å²) in [6.07, 6.45) is 8.66. The van der Waals surface area contributed by atoms with Gasteiger partial charge in [-0.1, -0.05) is 30.7 Å². The van der Waals surface area contributed by atoms with Crippen molar-refractivity contribution in [2.75, 3.05) is 12.3 Å². The number of nitrogens with zero attached hydrogens (tertiary/aromatic N) is 5. The SMILES string of the molecule is CCc1ncc(CN2CCC[C@@H]2c2nc(N)ncc2-c2ccc(Cl)cc2)cn1. The fourth-order valence-electron chi connectivity index (χ4n) is 3.72. The van der Waals surface area contributed by atoms with E-state index in [0.717, 1.165) is 60.6 Å². The molecule has 0 aliphatic carbocycles. The Bertz CT molecular complexity index is 942. The number of nitrogens with two attached hydrogens (primary N) is 1. The molecule has 2 N–H and O–H groups in total. The predicted molar refractivity (Wildman–Crippen MR) is 111 cm³/mol. The van der Waals surface area contributed by atoms with Crippen molar-refractivity contribution < 1.29 is 0 Å². The highest BCUT2D eigenvalue weighted by molar-refractivity contribution is 6.30. The molecular weight excluding hydrogens is 372 g/mol. The van der Waals surface area contributed by atoms with Crippen LogP contribution in [0, 0.1) is 0 Å². The Balaban J connectivity index is 1.64. The number of nitrogen functional groups attached to an aromatic ring is 1. The maximum Gasteiger partial charge on any atom is 0.220 e. The van der Waals surface area contributed by atoms with Gasteiger partial charge in [0.05, 0.1) is 11.7 Å². The van der Waals surface area contributed by atoms with E-state index in [0.29, 0.717) is 11.0 Å². The van der Waals surface area contributed by atoms with Crippen molar-refractivity contribution in [1.29, 1.82) is 0 Å². The molecule has 1 aliphatic heterocycles. The van der Waals surface area contributed by atoms with E-state index in [1.165, 1.54) is 0 Å². The van der Waals surface area contributed by atoms with Gasteiger partial charge >= 0.3 is 0 Å². The van der Waals surface area contributed by atoms with Gasteiger partial charge in [-0.15, -0.1) is 0 Å². The Hall–Kier alpha value is -2.57. The Morgan fingerprint density at radius 3 is 2.57 bits per heavy atom. The lowest BCUT2D eigenvalue weighted by Crippen LogP contribution is -2.24. The van der Waals surface area contributed by atoms with Crippen LogP contribution in [0.2, 0.25) is 5.02 Å². The Morgan fingerprint density at radius 1 is 1.11 bits per heavy atom. The van der Waals surface area contributed by atoms with Gasteiger partial charge in [0.1, 0.15) is 5.82 Å². The van der Waals surface area contributed by atoms with Gasteiger partial charge in [0, 0.05) is 47.7 Å². The molecule has 0 unspecified atom stereocenters. The summed E-state index contributed by atoms with van der Waals surface area (Å²) < 4.78 is 0. The normalized spacial score (nSPS) is 17.1. The molecule has 0 saturated carbocycles. The number of rotatable bonds is 5. The maximum absolute atomic E-state index is 6.05. The van der Waals surface area contributed by atoms with Crippen LogP contribution < -0.4 is 5.73 Å². The van der Waals surface area contributed by atoms with Gasteiger partial charge in [0.2, 0.25) is 5.95 Å². The van der Waals surface area contributed by atoms with E-state index >= 15 is 0 Å². The van der Waals surface area contributed by atoms with Crippen LogP contribution in [0.25, 0.3) is 11.1 Å². The summed E-state index contributed by atoms with van der Waals surface area (Å²) in [6.45, 7) is 3.85. The first-order valence-corrected chi connectivity index (χ1v) is 9.94. The molecule has 0 amide bonds. The summed E-state index contributed by atoms with van der Waals surface area (Å²) in [4.78, 5) is 20.1. The summed E-state index contributed by atoms with van der Waals surface area (Å²) in [7, 11) is 0. The Morgan fingerprint density at radius 2 is 1.86 bits per heavy atom. The second-order valence-corrected chi connectivity index (χ2v) is 7.46. The molecule has 3 heterocycles. The summed E-state index contributed by atoms with van der Waals surface area (Å²) >= 11 is 6.05. The summed E-state index contributed by atoms with van der Waals surface area (Å²) in [5.74, 6) is 1.17. The third kappa shape index (κ3) is 3.98. The minimum absolute atomic E-state index is 0.182. The van der Waals surface area contributed by atoms with E-state index in [1.807, 2.05) is 42.9 Å². The van der Waals surface area contributed by atoms with Crippen LogP contribution in [0.3, 0.4) is 0 Å². The minimum atomic E-state index is 0.182. The number of anilines is 1. The van der Waals surface area contributed by atoms with Crippen LogP contribution in [-0.4, -0.2) is 31.4 Å². The fourth-order valence-corrected chi connectivity index (χ4v) is 3.85. The number of hydrogen-bond acceptors (Lipinski definition) is 6. The summed E-state index contributed by atoms with van der Waals surface area (Å²) in [5, 5.41) is 0.708. The topological polar surface area (TPSA) is 80.8 Å². The van der Waals surface area contributed by atoms with Crippen LogP contribution >= 0.6 is 11.6 Å². The van der Waals surface area contributed by atoms with E-state index in [4.69, 9.17) is 17.3 Å². The van der Waals surface area contributed by atoms with Gasteiger partial charge in [-0.05, 0) is 37.1 Å². The predicted octanol–water partition coefficient (Wildman–Crippen LogP) is 4.07. The largest absolute Gasteiger partial charge is 0.368 e. The molecule has 1 aromatic carbocycles. The molecule has 1 fully saturated rings. The number of aryl methyl sites for hydroxylation is 1. The number of hydrogen-bond donors (Lipinski definition) is 1. The van der Waals surface area contributed by atoms with Gasteiger partial charge in [-0.25, -0.2) is 19.9 Å². The van der Waals surface area contributed by atoms with Crippen molar-refractivity contribution in [1.82, 2.24) is 24.8 Å². The van der Waals surface area contributed by atoms with E-state index in [2.05, 4.69) is 31.8 Å². The van der Waals surface area contributed by atoms with Crippen molar-refractivity contribution in [3.05, 3.63) is 65.0 Å². The molecule has 0 radical (unpaired) electrons. The molecule has 1 atom stereocenters.